The summed E-state index contributed by atoms with van der Waals surface area (Å²) in [5, 5.41) is 0.684. The Balaban J connectivity index is 2.25. The van der Waals surface area contributed by atoms with Crippen molar-refractivity contribution in [2.75, 3.05) is 12.2 Å². The van der Waals surface area contributed by atoms with Crippen LogP contribution in [-0.2, 0) is 0 Å². The predicted molar refractivity (Wildman–Crippen MR) is 53.6 cm³/mol. The van der Waals surface area contributed by atoms with Crippen LogP contribution in [-0.4, -0.2) is 11.8 Å². The van der Waals surface area contributed by atoms with Crippen LogP contribution in [0.15, 0.2) is 12.1 Å². The van der Waals surface area contributed by atoms with Crippen molar-refractivity contribution in [2.45, 2.75) is 0 Å². The van der Waals surface area contributed by atoms with Gasteiger partial charge in [-0.05, 0) is 0 Å². The third-order valence-electron chi connectivity index (χ3n) is 2.01. The second kappa shape index (κ2) is 2.73. The van der Waals surface area contributed by atoms with Gasteiger partial charge in [0.2, 0.25) is 6.79 Å². The molecule has 0 radical (unpaired) electrons. The number of rotatable bonds is 1. The number of hydrogen-bond acceptors (Lipinski definition) is 6. The SMILES string of the molecule is NNc1nc2cc3c(cc2s1)OCO3. The number of anilines is 1. The first-order valence-corrected chi connectivity index (χ1v) is 4.85. The molecule has 0 amide bonds. The standard InChI is InChI=1S/C8H7N3O2S/c9-11-8-10-4-1-5-6(13-3-12-5)2-7(4)14-8/h1-2H,3,9H2,(H,10,11). The highest BCUT2D eigenvalue weighted by Gasteiger charge is 2.16. The van der Waals surface area contributed by atoms with E-state index >= 15 is 0 Å². The lowest BCUT2D eigenvalue weighted by molar-refractivity contribution is 0.174. The molecule has 0 aliphatic carbocycles. The zero-order valence-corrected chi connectivity index (χ0v) is 7.93. The van der Waals surface area contributed by atoms with Gasteiger partial charge in [-0.3, -0.25) is 5.43 Å². The number of hydrogen-bond donors (Lipinski definition) is 2. The summed E-state index contributed by atoms with van der Waals surface area (Å²) in [5.74, 6) is 6.78. The van der Waals surface area contributed by atoms with E-state index in [1.54, 1.807) is 0 Å². The number of nitrogens with one attached hydrogen (secondary N) is 1. The Bertz CT molecular complexity index is 456. The second-order valence-corrected chi connectivity index (χ2v) is 3.87. The summed E-state index contributed by atoms with van der Waals surface area (Å²) < 4.78 is 11.5. The van der Waals surface area contributed by atoms with Crippen molar-refractivity contribution in [3.8, 4) is 11.5 Å². The van der Waals surface area contributed by atoms with Crippen molar-refractivity contribution >= 4 is 26.7 Å². The molecule has 1 aromatic heterocycles. The maximum Gasteiger partial charge on any atom is 0.231 e. The Labute approximate surface area is 83.4 Å². The fourth-order valence-corrected chi connectivity index (χ4v) is 2.17. The summed E-state index contributed by atoms with van der Waals surface area (Å²) in [7, 11) is 0. The zero-order valence-electron chi connectivity index (χ0n) is 7.11. The van der Waals surface area contributed by atoms with Gasteiger partial charge in [0.25, 0.3) is 0 Å². The van der Waals surface area contributed by atoms with Gasteiger partial charge < -0.3 is 9.47 Å². The predicted octanol–water partition coefficient (Wildman–Crippen LogP) is 1.31. The molecule has 2 heterocycles. The van der Waals surface area contributed by atoms with Crippen LogP contribution in [0.3, 0.4) is 0 Å². The molecule has 72 valence electrons. The second-order valence-electron chi connectivity index (χ2n) is 2.84. The molecule has 14 heavy (non-hydrogen) atoms. The molecule has 0 unspecified atom stereocenters. The monoisotopic (exact) mass is 209 g/mol. The molecule has 1 aliphatic rings. The number of nitrogens with two attached hydrogens (primary N) is 1. The molecule has 0 saturated carbocycles. The van der Waals surface area contributed by atoms with Crippen molar-refractivity contribution in [3.63, 3.8) is 0 Å². The minimum atomic E-state index is 0.286. The molecule has 0 fully saturated rings. The summed E-state index contributed by atoms with van der Waals surface area (Å²) in [4.78, 5) is 4.26. The minimum absolute atomic E-state index is 0.286. The molecular formula is C8H7N3O2S. The summed E-state index contributed by atoms with van der Waals surface area (Å²) in [5.41, 5.74) is 3.38. The van der Waals surface area contributed by atoms with Gasteiger partial charge in [0.15, 0.2) is 16.6 Å². The lowest BCUT2D eigenvalue weighted by Gasteiger charge is -1.93. The number of thiazole rings is 1. The number of nitrogen functional groups attached to an aromatic ring is 1. The number of aromatic nitrogens is 1. The largest absolute Gasteiger partial charge is 0.454 e. The van der Waals surface area contributed by atoms with Gasteiger partial charge in [-0.1, -0.05) is 11.3 Å². The summed E-state index contributed by atoms with van der Waals surface area (Å²) in [6, 6.07) is 3.77. The van der Waals surface area contributed by atoms with Crippen LogP contribution in [0, 0.1) is 0 Å². The molecule has 5 nitrogen and oxygen atoms in total. The highest BCUT2D eigenvalue weighted by molar-refractivity contribution is 7.22. The molecule has 1 aromatic carbocycles. The smallest absolute Gasteiger partial charge is 0.231 e. The van der Waals surface area contributed by atoms with Crippen molar-refractivity contribution < 1.29 is 9.47 Å². The number of benzene rings is 1. The van der Waals surface area contributed by atoms with Crippen LogP contribution >= 0.6 is 11.3 Å². The third-order valence-corrected chi connectivity index (χ3v) is 2.96. The third kappa shape index (κ3) is 1.01. The van der Waals surface area contributed by atoms with E-state index < -0.39 is 0 Å². The molecule has 6 heteroatoms. The molecule has 3 rings (SSSR count). The van der Waals surface area contributed by atoms with Gasteiger partial charge in [-0.2, -0.15) is 0 Å². The van der Waals surface area contributed by atoms with Crippen molar-refractivity contribution in [3.05, 3.63) is 12.1 Å². The van der Waals surface area contributed by atoms with E-state index in [1.807, 2.05) is 12.1 Å². The van der Waals surface area contributed by atoms with Gasteiger partial charge in [0, 0.05) is 12.1 Å². The van der Waals surface area contributed by atoms with Crippen LogP contribution in [0.2, 0.25) is 0 Å². The number of fused-ring (bicyclic) bond motifs is 2. The Morgan fingerprint density at radius 2 is 2.14 bits per heavy atom. The molecule has 0 spiro atoms. The Hall–Kier alpha value is -1.53. The maximum atomic E-state index is 5.27. The first kappa shape index (κ1) is 7.84. The Morgan fingerprint density at radius 3 is 2.93 bits per heavy atom. The van der Waals surface area contributed by atoms with Crippen molar-refractivity contribution in [2.24, 2.45) is 5.84 Å². The van der Waals surface area contributed by atoms with Crippen molar-refractivity contribution in [1.29, 1.82) is 0 Å². The van der Waals surface area contributed by atoms with Gasteiger partial charge in [0.05, 0.1) is 10.2 Å². The van der Waals surface area contributed by atoms with Crippen LogP contribution in [0.4, 0.5) is 5.13 Å². The molecule has 3 N–H and O–H groups in total. The van der Waals surface area contributed by atoms with Crippen LogP contribution in [0.25, 0.3) is 10.2 Å². The quantitative estimate of drug-likeness (QED) is 0.547. The van der Waals surface area contributed by atoms with E-state index in [4.69, 9.17) is 15.3 Å². The van der Waals surface area contributed by atoms with E-state index in [0.29, 0.717) is 5.13 Å². The molecule has 2 aromatic rings. The maximum absolute atomic E-state index is 5.27. The van der Waals surface area contributed by atoms with Crippen LogP contribution in [0.1, 0.15) is 0 Å². The first-order chi connectivity index (χ1) is 6.86. The van der Waals surface area contributed by atoms with Crippen LogP contribution in [0.5, 0.6) is 11.5 Å². The van der Waals surface area contributed by atoms with E-state index in [0.717, 1.165) is 21.7 Å². The first-order valence-electron chi connectivity index (χ1n) is 4.03. The highest BCUT2D eigenvalue weighted by Crippen LogP contribution is 2.38. The van der Waals surface area contributed by atoms with E-state index in [9.17, 15) is 0 Å². The topological polar surface area (TPSA) is 69.4 Å². The van der Waals surface area contributed by atoms with Crippen molar-refractivity contribution in [1.82, 2.24) is 4.98 Å². The fourth-order valence-electron chi connectivity index (χ4n) is 1.38. The number of ether oxygens (including phenoxy) is 2. The number of nitrogens with zero attached hydrogens (tertiary/aromatic N) is 1. The van der Waals surface area contributed by atoms with E-state index in [-0.39, 0.29) is 6.79 Å². The van der Waals surface area contributed by atoms with Crippen LogP contribution < -0.4 is 20.7 Å². The Morgan fingerprint density at radius 1 is 1.36 bits per heavy atom. The fraction of sp³-hybridized carbons (Fsp3) is 0.125. The molecule has 0 bridgehead atoms. The molecule has 0 atom stereocenters. The number of hydrazine groups is 1. The molecule has 0 saturated heterocycles. The lowest BCUT2D eigenvalue weighted by Crippen LogP contribution is -2.05. The van der Waals surface area contributed by atoms with Gasteiger partial charge in [-0.25, -0.2) is 10.8 Å². The normalized spacial score (nSPS) is 13.5. The highest BCUT2D eigenvalue weighted by atomic mass is 32.1. The minimum Gasteiger partial charge on any atom is -0.454 e. The summed E-state index contributed by atoms with van der Waals surface area (Å²) in [6.07, 6.45) is 0. The zero-order chi connectivity index (χ0) is 9.54. The summed E-state index contributed by atoms with van der Waals surface area (Å²) in [6.45, 7) is 0.286. The average Bonchev–Trinajstić information content (AvgIpc) is 2.77. The molecular weight excluding hydrogens is 202 g/mol. The van der Waals surface area contributed by atoms with E-state index in [1.165, 1.54) is 11.3 Å². The van der Waals surface area contributed by atoms with E-state index in [2.05, 4.69) is 10.4 Å². The molecule has 1 aliphatic heterocycles. The van der Waals surface area contributed by atoms with Gasteiger partial charge in [-0.15, -0.1) is 0 Å². The Kier molecular flexibility index (Phi) is 1.53. The summed E-state index contributed by atoms with van der Waals surface area (Å²) >= 11 is 1.48. The average molecular weight is 209 g/mol. The lowest BCUT2D eigenvalue weighted by atomic mass is 10.3. The van der Waals surface area contributed by atoms with Gasteiger partial charge in [0.1, 0.15) is 0 Å². The van der Waals surface area contributed by atoms with Gasteiger partial charge >= 0.3 is 0 Å².